The SMILES string of the molecule is CCN1c2ccc(/C=C3\NC(=O)N(Cc4ccccc4F)C3=O)cc2C(C)CC1(C)C. The molecule has 1 N–H and O–H groups in total. The third-order valence-corrected chi connectivity index (χ3v) is 6.29. The Morgan fingerprint density at radius 2 is 1.94 bits per heavy atom. The van der Waals surface area contributed by atoms with E-state index < -0.39 is 17.8 Å². The van der Waals surface area contributed by atoms with Gasteiger partial charge in [0.15, 0.2) is 0 Å². The van der Waals surface area contributed by atoms with Crippen LogP contribution in [0.25, 0.3) is 6.08 Å². The normalized spacial score (nSPS) is 21.5. The van der Waals surface area contributed by atoms with E-state index in [-0.39, 0.29) is 17.8 Å². The molecule has 31 heavy (non-hydrogen) atoms. The zero-order valence-electron chi connectivity index (χ0n) is 18.4. The molecule has 0 aromatic heterocycles. The lowest BCUT2D eigenvalue weighted by atomic mass is 9.79. The van der Waals surface area contributed by atoms with Crippen LogP contribution in [-0.4, -0.2) is 28.9 Å². The molecule has 0 bridgehead atoms. The number of imide groups is 1. The molecule has 1 atom stereocenters. The number of nitrogens with one attached hydrogen (secondary N) is 1. The molecule has 2 aliphatic heterocycles. The predicted molar refractivity (Wildman–Crippen MR) is 120 cm³/mol. The molecule has 1 fully saturated rings. The van der Waals surface area contributed by atoms with E-state index in [9.17, 15) is 14.0 Å². The third kappa shape index (κ3) is 3.82. The summed E-state index contributed by atoms with van der Waals surface area (Å²) in [6.07, 6.45) is 2.74. The van der Waals surface area contributed by atoms with E-state index in [1.165, 1.54) is 17.3 Å². The van der Waals surface area contributed by atoms with Crippen molar-refractivity contribution < 1.29 is 14.0 Å². The van der Waals surface area contributed by atoms with Crippen LogP contribution >= 0.6 is 0 Å². The van der Waals surface area contributed by atoms with Crippen LogP contribution in [-0.2, 0) is 11.3 Å². The average Bonchev–Trinajstić information content (AvgIpc) is 2.97. The monoisotopic (exact) mass is 421 g/mol. The fourth-order valence-corrected chi connectivity index (χ4v) is 4.88. The number of anilines is 1. The molecular weight excluding hydrogens is 393 g/mol. The van der Waals surface area contributed by atoms with Gasteiger partial charge >= 0.3 is 6.03 Å². The van der Waals surface area contributed by atoms with Gasteiger partial charge in [-0.3, -0.25) is 9.69 Å². The minimum atomic E-state index is -0.537. The van der Waals surface area contributed by atoms with Gasteiger partial charge in [-0.1, -0.05) is 31.2 Å². The van der Waals surface area contributed by atoms with E-state index >= 15 is 0 Å². The molecule has 2 heterocycles. The molecular formula is C25H28FN3O2. The number of rotatable bonds is 4. The van der Waals surface area contributed by atoms with Crippen LogP contribution < -0.4 is 10.2 Å². The molecule has 2 aromatic rings. The summed E-state index contributed by atoms with van der Waals surface area (Å²) in [5.41, 5.74) is 3.92. The zero-order chi connectivity index (χ0) is 22.3. The second-order valence-corrected chi connectivity index (χ2v) is 8.95. The highest BCUT2D eigenvalue weighted by molar-refractivity contribution is 6.13. The largest absolute Gasteiger partial charge is 0.366 e. The highest BCUT2D eigenvalue weighted by Crippen LogP contribution is 2.43. The number of carbonyl (C=O) groups is 2. The molecule has 4 rings (SSSR count). The first-order valence-electron chi connectivity index (χ1n) is 10.7. The number of nitrogens with zero attached hydrogens (tertiary/aromatic N) is 2. The van der Waals surface area contributed by atoms with Gasteiger partial charge in [0, 0.05) is 23.3 Å². The quantitative estimate of drug-likeness (QED) is 0.556. The molecule has 1 unspecified atom stereocenters. The van der Waals surface area contributed by atoms with Gasteiger partial charge in [0.1, 0.15) is 11.5 Å². The molecule has 0 saturated carbocycles. The molecule has 5 nitrogen and oxygen atoms in total. The number of benzene rings is 2. The topological polar surface area (TPSA) is 52.7 Å². The van der Waals surface area contributed by atoms with E-state index in [0.717, 1.165) is 23.4 Å². The Balaban J connectivity index is 1.61. The molecule has 162 valence electrons. The van der Waals surface area contributed by atoms with Gasteiger partial charge in [-0.05, 0) is 68.5 Å². The third-order valence-electron chi connectivity index (χ3n) is 6.29. The number of carbonyl (C=O) groups excluding carboxylic acids is 2. The highest BCUT2D eigenvalue weighted by Gasteiger charge is 2.36. The molecule has 2 aromatic carbocycles. The Morgan fingerprint density at radius 1 is 1.19 bits per heavy atom. The Hall–Kier alpha value is -3.15. The number of fused-ring (bicyclic) bond motifs is 1. The number of amides is 3. The molecule has 0 radical (unpaired) electrons. The number of urea groups is 1. The van der Waals surface area contributed by atoms with Crippen LogP contribution in [0.5, 0.6) is 0 Å². The first-order valence-corrected chi connectivity index (χ1v) is 10.7. The lowest BCUT2D eigenvalue weighted by molar-refractivity contribution is -0.123. The summed E-state index contributed by atoms with van der Waals surface area (Å²) in [6.45, 7) is 9.74. The number of hydrogen-bond donors (Lipinski definition) is 1. The average molecular weight is 422 g/mol. The van der Waals surface area contributed by atoms with Crippen molar-refractivity contribution in [3.8, 4) is 0 Å². The smallest absolute Gasteiger partial charge is 0.329 e. The standard InChI is InChI=1S/C25H28FN3O2/c1-5-29-22-11-10-17(12-19(22)16(2)14-25(29,3)4)13-21-23(30)28(24(31)27-21)15-18-8-6-7-9-20(18)26/h6-13,16H,5,14-15H2,1-4H3,(H,27,31)/b21-13-. The van der Waals surface area contributed by atoms with Crippen LogP contribution in [0, 0.1) is 5.82 Å². The van der Waals surface area contributed by atoms with Gasteiger partial charge in [0.25, 0.3) is 5.91 Å². The second kappa shape index (κ2) is 7.84. The molecule has 3 amide bonds. The summed E-state index contributed by atoms with van der Waals surface area (Å²) in [7, 11) is 0. The maximum Gasteiger partial charge on any atom is 0.329 e. The molecule has 1 saturated heterocycles. The summed E-state index contributed by atoms with van der Waals surface area (Å²) in [6, 6.07) is 11.8. The van der Waals surface area contributed by atoms with Crippen molar-refractivity contribution in [3.05, 3.63) is 70.7 Å². The molecule has 2 aliphatic rings. The zero-order valence-corrected chi connectivity index (χ0v) is 18.4. The summed E-state index contributed by atoms with van der Waals surface area (Å²) >= 11 is 0. The maximum absolute atomic E-state index is 14.0. The Morgan fingerprint density at radius 3 is 2.65 bits per heavy atom. The first kappa shape index (κ1) is 21.1. The van der Waals surface area contributed by atoms with Crippen LogP contribution in [0.1, 0.15) is 56.7 Å². The van der Waals surface area contributed by atoms with Gasteiger partial charge in [0.05, 0.1) is 6.54 Å². The van der Waals surface area contributed by atoms with Crippen LogP contribution in [0.2, 0.25) is 0 Å². The van der Waals surface area contributed by atoms with Crippen LogP contribution in [0.3, 0.4) is 0 Å². The number of hydrogen-bond acceptors (Lipinski definition) is 3. The van der Waals surface area contributed by atoms with Gasteiger partial charge < -0.3 is 10.2 Å². The van der Waals surface area contributed by atoms with E-state index in [1.54, 1.807) is 24.3 Å². The molecule has 0 spiro atoms. The van der Waals surface area contributed by atoms with E-state index in [2.05, 4.69) is 50.0 Å². The fraction of sp³-hybridized carbons (Fsp3) is 0.360. The Bertz CT molecular complexity index is 1080. The first-order chi connectivity index (χ1) is 14.7. The van der Waals surface area contributed by atoms with E-state index in [1.807, 2.05) is 6.07 Å². The van der Waals surface area contributed by atoms with Gasteiger partial charge in [0.2, 0.25) is 0 Å². The fourth-order valence-electron chi connectivity index (χ4n) is 4.88. The Labute approximate surface area is 182 Å². The minimum Gasteiger partial charge on any atom is -0.366 e. The van der Waals surface area contributed by atoms with Gasteiger partial charge in [-0.25, -0.2) is 9.18 Å². The molecule has 6 heteroatoms. The van der Waals surface area contributed by atoms with Crippen molar-refractivity contribution in [1.29, 1.82) is 0 Å². The van der Waals surface area contributed by atoms with Crippen molar-refractivity contribution in [2.24, 2.45) is 0 Å². The lowest BCUT2D eigenvalue weighted by Gasteiger charge is -2.47. The van der Waals surface area contributed by atoms with Crippen molar-refractivity contribution in [2.75, 3.05) is 11.4 Å². The predicted octanol–water partition coefficient (Wildman–Crippen LogP) is 5.03. The van der Waals surface area contributed by atoms with E-state index in [0.29, 0.717) is 11.5 Å². The molecule has 0 aliphatic carbocycles. The van der Waals surface area contributed by atoms with Crippen molar-refractivity contribution in [2.45, 2.75) is 52.1 Å². The summed E-state index contributed by atoms with van der Waals surface area (Å²) in [5, 5.41) is 2.63. The van der Waals surface area contributed by atoms with Crippen LogP contribution in [0.15, 0.2) is 48.2 Å². The Kier molecular flexibility index (Phi) is 5.33. The minimum absolute atomic E-state index is 0.0871. The lowest BCUT2D eigenvalue weighted by Crippen LogP contribution is -2.48. The van der Waals surface area contributed by atoms with Crippen molar-refractivity contribution in [1.82, 2.24) is 10.2 Å². The maximum atomic E-state index is 14.0. The van der Waals surface area contributed by atoms with Crippen molar-refractivity contribution in [3.63, 3.8) is 0 Å². The summed E-state index contributed by atoms with van der Waals surface area (Å²) in [4.78, 5) is 28.6. The summed E-state index contributed by atoms with van der Waals surface area (Å²) < 4.78 is 14.0. The van der Waals surface area contributed by atoms with E-state index in [4.69, 9.17) is 0 Å². The second-order valence-electron chi connectivity index (χ2n) is 8.95. The number of halogens is 1. The van der Waals surface area contributed by atoms with Crippen molar-refractivity contribution >= 4 is 23.7 Å². The van der Waals surface area contributed by atoms with Crippen LogP contribution in [0.4, 0.5) is 14.9 Å². The van der Waals surface area contributed by atoms with Gasteiger partial charge in [-0.2, -0.15) is 0 Å². The summed E-state index contributed by atoms with van der Waals surface area (Å²) in [5.74, 6) is -0.500. The highest BCUT2D eigenvalue weighted by atomic mass is 19.1. The van der Waals surface area contributed by atoms with Gasteiger partial charge in [-0.15, -0.1) is 0 Å².